The normalized spacial score (nSPS) is 14.5. The van der Waals surface area contributed by atoms with Gasteiger partial charge in [-0.1, -0.05) is 30.3 Å². The van der Waals surface area contributed by atoms with Crippen LogP contribution < -0.4 is 5.32 Å². The number of rotatable bonds is 5. The van der Waals surface area contributed by atoms with Gasteiger partial charge in [-0.2, -0.15) is 0 Å². The van der Waals surface area contributed by atoms with Crippen LogP contribution in [0, 0.1) is 11.7 Å². The molecule has 0 radical (unpaired) electrons. The van der Waals surface area contributed by atoms with Crippen LogP contribution in [0.2, 0.25) is 0 Å². The Morgan fingerprint density at radius 3 is 2.55 bits per heavy atom. The molecule has 1 aliphatic heterocycles. The van der Waals surface area contributed by atoms with Gasteiger partial charge in [0, 0.05) is 43.0 Å². The first kappa shape index (κ1) is 20.8. The van der Waals surface area contributed by atoms with E-state index in [-0.39, 0.29) is 23.5 Å². The molecule has 4 rings (SSSR count). The Hall–Kier alpha value is -3.41. The van der Waals surface area contributed by atoms with E-state index in [1.54, 1.807) is 30.3 Å². The second kappa shape index (κ2) is 9.16. The van der Waals surface area contributed by atoms with E-state index in [0.717, 1.165) is 12.1 Å². The van der Waals surface area contributed by atoms with Gasteiger partial charge in [0.25, 0.3) is 5.91 Å². The lowest BCUT2D eigenvalue weighted by Crippen LogP contribution is -2.42. The topological polar surface area (TPSA) is 54.3 Å². The summed E-state index contributed by atoms with van der Waals surface area (Å²) in [5, 5.41) is 2.96. The molecule has 0 aliphatic carbocycles. The molecule has 160 valence electrons. The molecule has 1 aromatic heterocycles. The maximum Gasteiger partial charge on any atom is 0.270 e. The molecule has 0 saturated carbocycles. The lowest BCUT2D eigenvalue weighted by atomic mass is 9.95. The van der Waals surface area contributed by atoms with Gasteiger partial charge in [0.1, 0.15) is 11.5 Å². The minimum Gasteiger partial charge on any atom is -0.344 e. The van der Waals surface area contributed by atoms with Crippen molar-refractivity contribution < 1.29 is 14.0 Å². The van der Waals surface area contributed by atoms with Gasteiger partial charge < -0.3 is 14.8 Å². The van der Waals surface area contributed by atoms with Gasteiger partial charge in [-0.05, 0) is 55.7 Å². The highest BCUT2D eigenvalue weighted by molar-refractivity contribution is 5.95. The average Bonchev–Trinajstić information content (AvgIpc) is 3.28. The number of likely N-dealkylation sites (tertiary alicyclic amines) is 1. The zero-order chi connectivity index (χ0) is 21.8. The number of piperidine rings is 1. The van der Waals surface area contributed by atoms with Crippen LogP contribution in [-0.4, -0.2) is 34.4 Å². The molecule has 1 aliphatic rings. The maximum absolute atomic E-state index is 14.1. The summed E-state index contributed by atoms with van der Waals surface area (Å²) in [6, 6.07) is 17.5. The molecule has 2 aromatic carbocycles. The third kappa shape index (κ3) is 4.53. The molecule has 0 bridgehead atoms. The van der Waals surface area contributed by atoms with Crippen molar-refractivity contribution in [3.63, 3.8) is 0 Å². The fourth-order valence-electron chi connectivity index (χ4n) is 4.09. The fourth-order valence-corrected chi connectivity index (χ4v) is 4.09. The van der Waals surface area contributed by atoms with E-state index >= 15 is 0 Å². The summed E-state index contributed by atoms with van der Waals surface area (Å²) in [7, 11) is 0. The second-order valence-electron chi connectivity index (χ2n) is 7.80. The van der Waals surface area contributed by atoms with Crippen molar-refractivity contribution >= 4 is 17.5 Å². The Labute approximate surface area is 181 Å². The molecule has 0 spiro atoms. The smallest absolute Gasteiger partial charge is 0.270 e. The van der Waals surface area contributed by atoms with Gasteiger partial charge in [0.2, 0.25) is 5.91 Å². The van der Waals surface area contributed by atoms with Crippen molar-refractivity contribution in [2.75, 3.05) is 18.4 Å². The second-order valence-corrected chi connectivity index (χ2v) is 7.80. The van der Waals surface area contributed by atoms with Gasteiger partial charge in [-0.25, -0.2) is 4.39 Å². The zero-order valence-corrected chi connectivity index (χ0v) is 17.6. The van der Waals surface area contributed by atoms with Crippen LogP contribution in [-0.2, 0) is 11.3 Å². The largest absolute Gasteiger partial charge is 0.344 e. The van der Waals surface area contributed by atoms with Crippen LogP contribution in [0.5, 0.6) is 0 Å². The summed E-state index contributed by atoms with van der Waals surface area (Å²) in [6.07, 6.45) is 3.15. The highest BCUT2D eigenvalue weighted by atomic mass is 19.1. The number of benzene rings is 2. The number of carbonyl (C=O) groups is 2. The minimum atomic E-state index is -0.294. The predicted molar refractivity (Wildman–Crippen MR) is 119 cm³/mol. The van der Waals surface area contributed by atoms with E-state index < -0.39 is 0 Å². The first-order valence-corrected chi connectivity index (χ1v) is 10.7. The van der Waals surface area contributed by atoms with Crippen LogP contribution in [0.4, 0.5) is 10.1 Å². The quantitative estimate of drug-likeness (QED) is 0.646. The molecule has 3 aromatic rings. The van der Waals surface area contributed by atoms with E-state index in [1.165, 1.54) is 6.07 Å². The summed E-state index contributed by atoms with van der Waals surface area (Å²) in [5.41, 5.74) is 2.55. The third-order valence-corrected chi connectivity index (χ3v) is 5.86. The van der Waals surface area contributed by atoms with Gasteiger partial charge in [-0.3, -0.25) is 9.59 Å². The number of amides is 2. The molecule has 0 atom stereocenters. The molecule has 1 saturated heterocycles. The number of halogens is 1. The van der Waals surface area contributed by atoms with E-state index in [2.05, 4.69) is 5.32 Å². The number of nitrogens with one attached hydrogen (secondary N) is 1. The van der Waals surface area contributed by atoms with Crippen molar-refractivity contribution in [1.29, 1.82) is 0 Å². The van der Waals surface area contributed by atoms with Crippen LogP contribution in [0.25, 0.3) is 11.1 Å². The van der Waals surface area contributed by atoms with Gasteiger partial charge in [0.15, 0.2) is 0 Å². The Kier molecular flexibility index (Phi) is 6.16. The molecular weight excluding hydrogens is 393 g/mol. The van der Waals surface area contributed by atoms with Gasteiger partial charge in [0.05, 0.1) is 0 Å². The number of aromatic nitrogens is 1. The molecule has 5 nitrogen and oxygen atoms in total. The van der Waals surface area contributed by atoms with E-state index in [1.807, 2.05) is 46.9 Å². The highest BCUT2D eigenvalue weighted by Crippen LogP contribution is 2.26. The molecule has 1 N–H and O–H groups in total. The highest BCUT2D eigenvalue weighted by Gasteiger charge is 2.28. The Balaban J connectivity index is 1.37. The van der Waals surface area contributed by atoms with Crippen molar-refractivity contribution in [2.45, 2.75) is 26.3 Å². The standard InChI is InChI=1S/C25H26FN3O2/c1-2-28-14-6-11-23(28)25(31)29-15-12-18(13-16-29)24(30)27-20-8-5-7-19(17-20)21-9-3-4-10-22(21)26/h3-11,14,17-18H,2,12-13,15-16H2,1H3,(H,27,30). The van der Waals surface area contributed by atoms with Crippen LogP contribution in [0.3, 0.4) is 0 Å². The summed E-state index contributed by atoms with van der Waals surface area (Å²) in [4.78, 5) is 27.4. The predicted octanol–water partition coefficient (Wildman–Crippen LogP) is 4.81. The Bertz CT molecular complexity index is 1080. The van der Waals surface area contributed by atoms with Crippen molar-refractivity contribution in [1.82, 2.24) is 9.47 Å². The molecule has 1 fully saturated rings. The Morgan fingerprint density at radius 2 is 1.81 bits per heavy atom. The minimum absolute atomic E-state index is 0.0169. The lowest BCUT2D eigenvalue weighted by molar-refractivity contribution is -0.121. The monoisotopic (exact) mass is 419 g/mol. The first-order valence-electron chi connectivity index (χ1n) is 10.7. The van der Waals surface area contributed by atoms with Crippen LogP contribution >= 0.6 is 0 Å². The fraction of sp³-hybridized carbons (Fsp3) is 0.280. The van der Waals surface area contributed by atoms with Crippen molar-refractivity contribution in [3.8, 4) is 11.1 Å². The molecular formula is C25H26FN3O2. The number of carbonyl (C=O) groups excluding carboxylic acids is 2. The van der Waals surface area contributed by atoms with E-state index in [9.17, 15) is 14.0 Å². The Morgan fingerprint density at radius 1 is 1.03 bits per heavy atom. The molecule has 6 heteroatoms. The summed E-state index contributed by atoms with van der Waals surface area (Å²) < 4.78 is 16.0. The molecule has 31 heavy (non-hydrogen) atoms. The zero-order valence-electron chi connectivity index (χ0n) is 17.6. The van der Waals surface area contributed by atoms with Gasteiger partial charge in [-0.15, -0.1) is 0 Å². The average molecular weight is 420 g/mol. The summed E-state index contributed by atoms with van der Waals surface area (Å²) in [5.74, 6) is -0.491. The molecule has 2 amide bonds. The number of anilines is 1. The van der Waals surface area contributed by atoms with E-state index in [0.29, 0.717) is 42.9 Å². The SMILES string of the molecule is CCn1cccc1C(=O)N1CCC(C(=O)Nc2cccc(-c3ccccc3F)c2)CC1. The van der Waals surface area contributed by atoms with Crippen molar-refractivity contribution in [2.24, 2.45) is 5.92 Å². The van der Waals surface area contributed by atoms with E-state index in [4.69, 9.17) is 0 Å². The summed E-state index contributed by atoms with van der Waals surface area (Å²) >= 11 is 0. The third-order valence-electron chi connectivity index (χ3n) is 5.86. The van der Waals surface area contributed by atoms with Crippen LogP contribution in [0.15, 0.2) is 66.9 Å². The number of aryl methyl sites for hydroxylation is 1. The molecule has 0 unspecified atom stereocenters. The number of hydrogen-bond acceptors (Lipinski definition) is 2. The summed E-state index contributed by atoms with van der Waals surface area (Å²) in [6.45, 7) is 3.87. The number of nitrogens with zero attached hydrogens (tertiary/aromatic N) is 2. The molecule has 2 heterocycles. The lowest BCUT2D eigenvalue weighted by Gasteiger charge is -2.31. The maximum atomic E-state index is 14.1. The number of hydrogen-bond donors (Lipinski definition) is 1. The van der Waals surface area contributed by atoms with Gasteiger partial charge >= 0.3 is 0 Å². The van der Waals surface area contributed by atoms with Crippen molar-refractivity contribution in [3.05, 3.63) is 78.4 Å². The van der Waals surface area contributed by atoms with Crippen LogP contribution in [0.1, 0.15) is 30.3 Å². The first-order chi connectivity index (χ1) is 15.1.